The molecule has 0 aliphatic carbocycles. The molecule has 1 rings (SSSR count). The lowest BCUT2D eigenvalue weighted by Crippen LogP contribution is -2.22. The van der Waals surface area contributed by atoms with Crippen LogP contribution in [0.2, 0.25) is 0 Å². The summed E-state index contributed by atoms with van der Waals surface area (Å²) in [5.74, 6) is 0.417. The summed E-state index contributed by atoms with van der Waals surface area (Å²) < 4.78 is 4.82. The van der Waals surface area contributed by atoms with E-state index in [1.54, 1.807) is 38.4 Å². The van der Waals surface area contributed by atoms with Gasteiger partial charge in [0.05, 0.1) is 5.56 Å². The average molecular weight is 178 g/mol. The number of amides is 1. The Bertz CT molecular complexity index is 308. The molecule has 0 fully saturated rings. The third-order valence-corrected chi connectivity index (χ3v) is 1.68. The van der Waals surface area contributed by atoms with Crippen molar-refractivity contribution >= 4 is 5.91 Å². The smallest absolute Gasteiger partial charge is 0.257 e. The van der Waals surface area contributed by atoms with Crippen LogP contribution >= 0.6 is 0 Å². The van der Waals surface area contributed by atoms with Gasteiger partial charge in [0.15, 0.2) is 0 Å². The Hall–Kier alpha value is -1.51. The minimum absolute atomic E-state index is 0.0840. The molecule has 1 amide bonds. The van der Waals surface area contributed by atoms with Gasteiger partial charge in [-0.25, -0.2) is 0 Å². The Balaban J connectivity index is 3.06. The number of hydrogen-bond donors (Lipinski definition) is 0. The lowest BCUT2D eigenvalue weighted by molar-refractivity contribution is 0.0825. The van der Waals surface area contributed by atoms with Crippen molar-refractivity contribution in [1.82, 2.24) is 4.90 Å². The van der Waals surface area contributed by atoms with E-state index in [1.807, 2.05) is 0 Å². The van der Waals surface area contributed by atoms with Crippen molar-refractivity contribution < 1.29 is 9.53 Å². The maximum absolute atomic E-state index is 11.5. The first-order chi connectivity index (χ1) is 6.16. The van der Waals surface area contributed by atoms with E-state index in [9.17, 15) is 4.79 Å². The van der Waals surface area contributed by atoms with Crippen LogP contribution in [-0.2, 0) is 0 Å². The number of para-hydroxylation sites is 1. The molecule has 0 saturated carbocycles. The second kappa shape index (κ2) is 3.94. The molecule has 0 aliphatic heterocycles. The molecule has 0 bridgehead atoms. The highest BCUT2D eigenvalue weighted by Crippen LogP contribution is 2.18. The first-order valence-corrected chi connectivity index (χ1v) is 3.89. The zero-order chi connectivity index (χ0) is 9.84. The van der Waals surface area contributed by atoms with Gasteiger partial charge in [-0.05, 0) is 12.1 Å². The fourth-order valence-electron chi connectivity index (χ4n) is 1.01. The van der Waals surface area contributed by atoms with Gasteiger partial charge in [0.25, 0.3) is 5.91 Å². The number of carbonyl (C=O) groups excluding carboxylic acids is 1. The number of nitrogens with zero attached hydrogens (tertiary/aromatic N) is 1. The SMILES string of the molecule is [CH2]Oc1ccccc1C(=O)N(C)C. The van der Waals surface area contributed by atoms with E-state index in [0.29, 0.717) is 11.3 Å². The van der Waals surface area contributed by atoms with Crippen LogP contribution in [0.1, 0.15) is 10.4 Å². The average Bonchev–Trinajstić information content (AvgIpc) is 2.16. The fraction of sp³-hybridized carbons (Fsp3) is 0.200. The zero-order valence-electron chi connectivity index (χ0n) is 7.78. The first kappa shape index (κ1) is 9.58. The highest BCUT2D eigenvalue weighted by molar-refractivity contribution is 5.96. The molecule has 0 unspecified atom stereocenters. The fourth-order valence-corrected chi connectivity index (χ4v) is 1.01. The van der Waals surface area contributed by atoms with E-state index in [4.69, 9.17) is 4.74 Å². The molecule has 69 valence electrons. The van der Waals surface area contributed by atoms with Crippen molar-refractivity contribution in [1.29, 1.82) is 0 Å². The summed E-state index contributed by atoms with van der Waals surface area (Å²) in [5, 5.41) is 0. The summed E-state index contributed by atoms with van der Waals surface area (Å²) in [5.41, 5.74) is 0.530. The zero-order valence-corrected chi connectivity index (χ0v) is 7.78. The molecule has 3 nitrogen and oxygen atoms in total. The van der Waals surface area contributed by atoms with Crippen LogP contribution < -0.4 is 4.74 Å². The predicted octanol–water partition coefficient (Wildman–Crippen LogP) is 1.56. The molecule has 0 heterocycles. The standard InChI is InChI=1S/C10H12NO2/c1-11(2)10(12)8-6-4-5-7-9(8)13-3/h4-7H,3H2,1-2H3. The third kappa shape index (κ3) is 1.99. The number of rotatable bonds is 2. The molecule has 0 spiro atoms. The van der Waals surface area contributed by atoms with Crippen molar-refractivity contribution in [2.24, 2.45) is 0 Å². The van der Waals surface area contributed by atoms with Crippen molar-refractivity contribution in [2.75, 3.05) is 14.1 Å². The van der Waals surface area contributed by atoms with Crippen LogP contribution in [0.15, 0.2) is 24.3 Å². The highest BCUT2D eigenvalue weighted by atomic mass is 16.5. The van der Waals surface area contributed by atoms with E-state index in [2.05, 4.69) is 7.11 Å². The van der Waals surface area contributed by atoms with E-state index < -0.39 is 0 Å². The molecular weight excluding hydrogens is 166 g/mol. The second-order valence-corrected chi connectivity index (χ2v) is 2.84. The Morgan fingerprint density at radius 3 is 2.54 bits per heavy atom. The Morgan fingerprint density at radius 1 is 1.38 bits per heavy atom. The van der Waals surface area contributed by atoms with Crippen LogP contribution in [0.4, 0.5) is 0 Å². The van der Waals surface area contributed by atoms with E-state index in [0.717, 1.165) is 0 Å². The minimum Gasteiger partial charge on any atom is -0.489 e. The normalized spacial score (nSPS) is 9.46. The summed E-state index contributed by atoms with van der Waals surface area (Å²) in [4.78, 5) is 13.0. The van der Waals surface area contributed by atoms with Gasteiger partial charge in [0.1, 0.15) is 12.9 Å². The number of hydrogen-bond acceptors (Lipinski definition) is 2. The van der Waals surface area contributed by atoms with Crippen LogP contribution in [-0.4, -0.2) is 24.9 Å². The van der Waals surface area contributed by atoms with E-state index >= 15 is 0 Å². The summed E-state index contributed by atoms with van der Waals surface area (Å²) in [6, 6.07) is 7.01. The maximum Gasteiger partial charge on any atom is 0.257 e. The second-order valence-electron chi connectivity index (χ2n) is 2.84. The van der Waals surface area contributed by atoms with Gasteiger partial charge in [-0.1, -0.05) is 12.1 Å². The van der Waals surface area contributed by atoms with Crippen molar-refractivity contribution in [2.45, 2.75) is 0 Å². The van der Waals surface area contributed by atoms with Gasteiger partial charge in [0.2, 0.25) is 0 Å². The molecule has 0 atom stereocenters. The third-order valence-electron chi connectivity index (χ3n) is 1.68. The maximum atomic E-state index is 11.5. The lowest BCUT2D eigenvalue weighted by atomic mass is 10.2. The quantitative estimate of drug-likeness (QED) is 0.687. The summed E-state index contributed by atoms with van der Waals surface area (Å²) in [6.45, 7) is 0. The molecule has 0 N–H and O–H groups in total. The van der Waals surface area contributed by atoms with Crippen LogP contribution in [0.3, 0.4) is 0 Å². The van der Waals surface area contributed by atoms with Gasteiger partial charge in [-0.3, -0.25) is 4.79 Å². The van der Waals surface area contributed by atoms with Crippen molar-refractivity contribution in [3.8, 4) is 5.75 Å². The number of ether oxygens (including phenoxy) is 1. The number of benzene rings is 1. The van der Waals surface area contributed by atoms with E-state index in [-0.39, 0.29) is 5.91 Å². The van der Waals surface area contributed by atoms with Gasteiger partial charge < -0.3 is 9.64 Å². The van der Waals surface area contributed by atoms with E-state index in [1.165, 1.54) is 4.90 Å². The molecule has 1 aromatic rings. The molecule has 3 heteroatoms. The Labute approximate surface area is 77.9 Å². The van der Waals surface area contributed by atoms with Crippen LogP contribution in [0.25, 0.3) is 0 Å². The summed E-state index contributed by atoms with van der Waals surface area (Å²) in [6.07, 6.45) is 0. The number of carbonyl (C=O) groups is 1. The molecule has 1 aromatic carbocycles. The summed E-state index contributed by atoms with van der Waals surface area (Å²) >= 11 is 0. The molecule has 0 aliphatic rings. The summed E-state index contributed by atoms with van der Waals surface area (Å²) in [7, 11) is 6.68. The van der Waals surface area contributed by atoms with Gasteiger partial charge in [0, 0.05) is 14.1 Å². The van der Waals surface area contributed by atoms with Crippen LogP contribution in [0, 0.1) is 7.11 Å². The first-order valence-electron chi connectivity index (χ1n) is 3.89. The van der Waals surface area contributed by atoms with Gasteiger partial charge >= 0.3 is 0 Å². The predicted molar refractivity (Wildman–Crippen MR) is 50.4 cm³/mol. The topological polar surface area (TPSA) is 29.5 Å². The Kier molecular flexibility index (Phi) is 2.90. The Morgan fingerprint density at radius 2 is 2.00 bits per heavy atom. The van der Waals surface area contributed by atoms with Crippen LogP contribution in [0.5, 0.6) is 5.75 Å². The molecular formula is C10H12NO2. The monoisotopic (exact) mass is 178 g/mol. The molecule has 0 aromatic heterocycles. The molecule has 1 radical (unpaired) electrons. The molecule has 13 heavy (non-hydrogen) atoms. The lowest BCUT2D eigenvalue weighted by Gasteiger charge is -2.12. The highest BCUT2D eigenvalue weighted by Gasteiger charge is 2.12. The van der Waals surface area contributed by atoms with Gasteiger partial charge in [-0.2, -0.15) is 0 Å². The van der Waals surface area contributed by atoms with Crippen molar-refractivity contribution in [3.63, 3.8) is 0 Å². The van der Waals surface area contributed by atoms with Gasteiger partial charge in [-0.15, -0.1) is 0 Å². The minimum atomic E-state index is -0.0840. The van der Waals surface area contributed by atoms with Crippen molar-refractivity contribution in [3.05, 3.63) is 36.9 Å². The molecule has 0 saturated heterocycles. The largest absolute Gasteiger partial charge is 0.489 e.